The highest BCUT2D eigenvalue weighted by Crippen LogP contribution is 2.32. The molecular formula is C23H27NO7S. The van der Waals surface area contributed by atoms with Crippen molar-refractivity contribution in [2.45, 2.75) is 30.8 Å². The van der Waals surface area contributed by atoms with Gasteiger partial charge in [0.15, 0.2) is 5.78 Å². The number of aliphatic hydroxyl groups excluding tert-OH is 3. The van der Waals surface area contributed by atoms with E-state index >= 15 is 0 Å². The van der Waals surface area contributed by atoms with E-state index in [1.165, 1.54) is 29.4 Å². The molecule has 2 heterocycles. The van der Waals surface area contributed by atoms with E-state index in [1.54, 1.807) is 37.4 Å². The van der Waals surface area contributed by atoms with E-state index in [4.69, 9.17) is 9.47 Å². The molecule has 8 nitrogen and oxygen atoms in total. The molecule has 1 aliphatic heterocycles. The van der Waals surface area contributed by atoms with Gasteiger partial charge in [0, 0.05) is 20.6 Å². The Balaban J connectivity index is 1.65. The van der Waals surface area contributed by atoms with E-state index in [2.05, 4.69) is 0 Å². The number of Topliss-reactive ketones (excluding diaryl/α,β-unsaturated/α-hetero) is 1. The van der Waals surface area contributed by atoms with E-state index in [0.29, 0.717) is 11.4 Å². The summed E-state index contributed by atoms with van der Waals surface area (Å²) in [4.78, 5) is 27.2. The van der Waals surface area contributed by atoms with Gasteiger partial charge in [0.25, 0.3) is 0 Å². The fourth-order valence-corrected chi connectivity index (χ4v) is 4.18. The highest BCUT2D eigenvalue weighted by Gasteiger charge is 2.38. The first-order chi connectivity index (χ1) is 15.3. The van der Waals surface area contributed by atoms with Gasteiger partial charge < -0.3 is 29.7 Å². The topological polar surface area (TPSA) is 117 Å². The summed E-state index contributed by atoms with van der Waals surface area (Å²) in [5.74, 6) is -1.12. The van der Waals surface area contributed by atoms with Crippen molar-refractivity contribution in [1.29, 1.82) is 0 Å². The smallest absolute Gasteiger partial charge is 0.233 e. The number of fused-ring (bicyclic) bond motifs is 1. The van der Waals surface area contributed by atoms with Crippen LogP contribution in [0.4, 0.5) is 5.69 Å². The number of methoxy groups -OCH3 is 1. The number of ether oxygens (including phenoxy) is 2. The van der Waals surface area contributed by atoms with Crippen LogP contribution in [-0.4, -0.2) is 72.2 Å². The summed E-state index contributed by atoms with van der Waals surface area (Å²) in [5, 5.41) is 34.8. The number of carbonyl (C=O) groups is 2. The maximum absolute atomic E-state index is 12.9. The number of benzene rings is 1. The van der Waals surface area contributed by atoms with Crippen molar-refractivity contribution in [3.05, 3.63) is 52.7 Å². The third kappa shape index (κ3) is 5.43. The third-order valence-corrected chi connectivity index (χ3v) is 6.11. The van der Waals surface area contributed by atoms with Gasteiger partial charge in [0.1, 0.15) is 36.8 Å². The SMILES string of the molecule is CO[C@@H](C(=O)C[C@H]1COc2ccccc2N(C)C1=O)[C@H](O)[C@@H](O)[C@H](O)/C=C/c1ccsc1. The van der Waals surface area contributed by atoms with E-state index in [9.17, 15) is 24.9 Å². The number of rotatable bonds is 9. The number of ketones is 1. The minimum Gasteiger partial charge on any atom is -0.491 e. The number of anilines is 1. The minimum absolute atomic E-state index is 0.00693. The minimum atomic E-state index is -1.69. The van der Waals surface area contributed by atoms with Crippen LogP contribution in [0.15, 0.2) is 47.2 Å². The number of aliphatic hydroxyl groups is 3. The number of carbonyl (C=O) groups excluding carboxylic acids is 2. The highest BCUT2D eigenvalue weighted by molar-refractivity contribution is 7.08. The van der Waals surface area contributed by atoms with Crippen LogP contribution in [0.5, 0.6) is 5.75 Å². The summed E-state index contributed by atoms with van der Waals surface area (Å²) in [7, 11) is 2.83. The van der Waals surface area contributed by atoms with Crippen molar-refractivity contribution < 1.29 is 34.4 Å². The van der Waals surface area contributed by atoms with Gasteiger partial charge in [-0.2, -0.15) is 11.3 Å². The van der Waals surface area contributed by atoms with Gasteiger partial charge in [-0.25, -0.2) is 0 Å². The van der Waals surface area contributed by atoms with Gasteiger partial charge in [-0.3, -0.25) is 9.59 Å². The molecule has 1 aromatic carbocycles. The standard InChI is InChI=1S/C23H27NO7S/c1-24-16-5-3-4-6-19(16)31-12-15(23(24)29)11-18(26)22(30-2)21(28)20(27)17(25)8-7-14-9-10-32-13-14/h3-10,13,15,17,20-22,25,27-28H,11-12H2,1-2H3/b8-7+/t15-,17+,20-,21+,22-/m0/s1. The number of para-hydroxylation sites is 2. The molecule has 1 aliphatic rings. The van der Waals surface area contributed by atoms with Crippen LogP contribution in [0.3, 0.4) is 0 Å². The zero-order valence-electron chi connectivity index (χ0n) is 17.8. The average Bonchev–Trinajstić information content (AvgIpc) is 3.29. The molecule has 32 heavy (non-hydrogen) atoms. The number of amides is 1. The molecule has 3 N–H and O–H groups in total. The lowest BCUT2D eigenvalue weighted by Gasteiger charge is -2.27. The van der Waals surface area contributed by atoms with Crippen LogP contribution >= 0.6 is 11.3 Å². The number of hydrogen-bond acceptors (Lipinski definition) is 8. The summed E-state index contributed by atoms with van der Waals surface area (Å²) >= 11 is 1.48. The lowest BCUT2D eigenvalue weighted by molar-refractivity contribution is -0.149. The first-order valence-electron chi connectivity index (χ1n) is 10.1. The Morgan fingerprint density at radius 3 is 2.72 bits per heavy atom. The first kappa shape index (κ1) is 24.1. The molecule has 172 valence electrons. The molecule has 1 aromatic heterocycles. The first-order valence-corrected chi connectivity index (χ1v) is 11.1. The van der Waals surface area contributed by atoms with Crippen molar-refractivity contribution in [2.75, 3.05) is 25.7 Å². The Labute approximate surface area is 190 Å². The summed E-state index contributed by atoms with van der Waals surface area (Å²) < 4.78 is 10.8. The highest BCUT2D eigenvalue weighted by atomic mass is 32.1. The molecule has 2 aromatic rings. The van der Waals surface area contributed by atoms with Crippen LogP contribution in [0.2, 0.25) is 0 Å². The molecule has 0 saturated carbocycles. The van der Waals surface area contributed by atoms with Crippen LogP contribution < -0.4 is 9.64 Å². The molecule has 0 saturated heterocycles. The van der Waals surface area contributed by atoms with E-state index < -0.39 is 36.1 Å². The van der Waals surface area contributed by atoms with Crippen LogP contribution in [-0.2, 0) is 14.3 Å². The van der Waals surface area contributed by atoms with Gasteiger partial charge >= 0.3 is 0 Å². The average molecular weight is 462 g/mol. The molecule has 3 rings (SSSR count). The Hall–Kier alpha value is -2.56. The van der Waals surface area contributed by atoms with Crippen molar-refractivity contribution in [2.24, 2.45) is 5.92 Å². The molecule has 5 atom stereocenters. The van der Waals surface area contributed by atoms with E-state index in [-0.39, 0.29) is 18.9 Å². The fraction of sp³-hybridized carbons (Fsp3) is 0.391. The molecule has 1 amide bonds. The second-order valence-electron chi connectivity index (χ2n) is 7.59. The van der Waals surface area contributed by atoms with Crippen LogP contribution in [0.25, 0.3) is 6.08 Å². The van der Waals surface area contributed by atoms with Crippen LogP contribution in [0.1, 0.15) is 12.0 Å². The van der Waals surface area contributed by atoms with E-state index in [1.807, 2.05) is 16.8 Å². The second-order valence-corrected chi connectivity index (χ2v) is 8.37. The quantitative estimate of drug-likeness (QED) is 0.518. The molecule has 0 radical (unpaired) electrons. The molecular weight excluding hydrogens is 434 g/mol. The van der Waals surface area contributed by atoms with Gasteiger partial charge in [-0.05, 0) is 34.5 Å². The Morgan fingerprint density at radius 2 is 2.03 bits per heavy atom. The molecule has 0 fully saturated rings. The third-order valence-electron chi connectivity index (χ3n) is 5.40. The monoisotopic (exact) mass is 461 g/mol. The normalized spacial score (nSPS) is 20.2. The second kappa shape index (κ2) is 10.8. The maximum atomic E-state index is 12.9. The predicted molar refractivity (Wildman–Crippen MR) is 121 cm³/mol. The Kier molecular flexibility index (Phi) is 8.16. The predicted octanol–water partition coefficient (Wildman–Crippen LogP) is 1.49. The lowest BCUT2D eigenvalue weighted by Crippen LogP contribution is -2.49. The van der Waals surface area contributed by atoms with Gasteiger partial charge in [0.2, 0.25) is 5.91 Å². The summed E-state index contributed by atoms with van der Waals surface area (Å²) in [6.07, 6.45) is -3.49. The molecule has 9 heteroatoms. The lowest BCUT2D eigenvalue weighted by atomic mass is 9.93. The summed E-state index contributed by atoms with van der Waals surface area (Å²) in [6, 6.07) is 8.90. The summed E-state index contributed by atoms with van der Waals surface area (Å²) in [5.41, 5.74) is 1.44. The van der Waals surface area contributed by atoms with Crippen molar-refractivity contribution in [1.82, 2.24) is 0 Å². The zero-order valence-corrected chi connectivity index (χ0v) is 18.6. The van der Waals surface area contributed by atoms with Gasteiger partial charge in [0.05, 0.1) is 11.6 Å². The van der Waals surface area contributed by atoms with Gasteiger partial charge in [-0.15, -0.1) is 0 Å². The largest absolute Gasteiger partial charge is 0.491 e. The molecule has 0 unspecified atom stereocenters. The van der Waals surface area contributed by atoms with Crippen molar-refractivity contribution in [3.8, 4) is 5.75 Å². The molecule has 0 bridgehead atoms. The molecule has 0 spiro atoms. The Bertz CT molecular complexity index is 946. The number of hydrogen-bond donors (Lipinski definition) is 3. The fourth-order valence-electron chi connectivity index (χ4n) is 3.55. The van der Waals surface area contributed by atoms with Crippen LogP contribution in [0, 0.1) is 5.92 Å². The molecule has 0 aliphatic carbocycles. The maximum Gasteiger partial charge on any atom is 0.233 e. The van der Waals surface area contributed by atoms with Gasteiger partial charge in [-0.1, -0.05) is 24.3 Å². The number of thiophene rings is 1. The zero-order chi connectivity index (χ0) is 23.3. The van der Waals surface area contributed by atoms with Crippen molar-refractivity contribution in [3.63, 3.8) is 0 Å². The van der Waals surface area contributed by atoms with E-state index in [0.717, 1.165) is 5.56 Å². The summed E-state index contributed by atoms with van der Waals surface area (Å²) in [6.45, 7) is -0.00693. The Morgan fingerprint density at radius 1 is 1.28 bits per heavy atom. The van der Waals surface area contributed by atoms with Crippen molar-refractivity contribution >= 4 is 34.8 Å². The number of nitrogens with zero attached hydrogens (tertiary/aromatic N) is 1.